The van der Waals surface area contributed by atoms with Crippen LogP contribution in [-0.4, -0.2) is 106 Å². The number of hydrogen-bond donors (Lipinski definition) is 4. The number of H-pyrrole nitrogens is 2. The van der Waals surface area contributed by atoms with Gasteiger partial charge in [0, 0.05) is 36.9 Å². The number of carbonyl (C=O) groups excluding carboxylic acids is 4. The monoisotopic (exact) mass is 806 g/mol. The van der Waals surface area contributed by atoms with Gasteiger partial charge in [-0.15, -0.1) is 0 Å². The number of aromatic amines is 2. The third-order valence-electron chi connectivity index (χ3n) is 11.2. The fraction of sp³-hybridized carbons (Fsp3) is 0.442. The summed E-state index contributed by atoms with van der Waals surface area (Å²) in [6, 6.07) is 11.5. The number of rotatable bonds is 10. The van der Waals surface area contributed by atoms with E-state index in [-0.39, 0.29) is 36.4 Å². The SMILES string of the molecule is COC(=O)NC(C(=O)N1CCCC1c1ncc(-c2ccc(C#Cc3ccc4c(c3)OCc3[nH]c(C5CCCN5C(=O)C(NC(=O)OC)C(C)OC)nc3-4)cc2)[nH]1)C(C)C. The normalized spacial score (nSPS) is 18.4. The zero-order chi connectivity index (χ0) is 41.8. The lowest BCUT2D eigenvalue weighted by Gasteiger charge is -2.30. The lowest BCUT2D eigenvalue weighted by Crippen LogP contribution is -2.54. The summed E-state index contributed by atoms with van der Waals surface area (Å²) in [6.45, 7) is 6.91. The van der Waals surface area contributed by atoms with Crippen LogP contribution in [0.2, 0.25) is 0 Å². The van der Waals surface area contributed by atoms with Crippen LogP contribution in [0.4, 0.5) is 9.59 Å². The van der Waals surface area contributed by atoms with E-state index in [1.165, 1.54) is 21.3 Å². The Balaban J connectivity index is 1.02. The van der Waals surface area contributed by atoms with E-state index in [1.807, 2.05) is 56.3 Å². The first kappa shape index (κ1) is 40.8. The molecule has 2 aromatic carbocycles. The Labute approximate surface area is 342 Å². The van der Waals surface area contributed by atoms with Gasteiger partial charge in [-0.25, -0.2) is 19.6 Å². The molecular weight excluding hydrogens is 757 g/mol. The number of carbonyl (C=O) groups is 4. The molecule has 0 spiro atoms. The van der Waals surface area contributed by atoms with Gasteiger partial charge in [0.2, 0.25) is 11.8 Å². The van der Waals surface area contributed by atoms with Crippen LogP contribution in [0, 0.1) is 17.8 Å². The Morgan fingerprint density at radius 3 is 2.07 bits per heavy atom. The Morgan fingerprint density at radius 1 is 0.814 bits per heavy atom. The number of amides is 4. The molecule has 0 aliphatic carbocycles. The number of nitrogens with zero attached hydrogens (tertiary/aromatic N) is 4. The fourth-order valence-electron chi connectivity index (χ4n) is 7.90. The number of nitrogens with one attached hydrogen (secondary N) is 4. The third kappa shape index (κ3) is 8.61. The maximum absolute atomic E-state index is 13.7. The second kappa shape index (κ2) is 17.7. The van der Waals surface area contributed by atoms with Crippen LogP contribution in [0.15, 0.2) is 48.7 Å². The van der Waals surface area contributed by atoms with Gasteiger partial charge >= 0.3 is 12.2 Å². The second-order valence-corrected chi connectivity index (χ2v) is 15.2. The molecule has 4 aromatic rings. The summed E-state index contributed by atoms with van der Waals surface area (Å²) in [4.78, 5) is 71.2. The van der Waals surface area contributed by atoms with Gasteiger partial charge in [-0.05, 0) is 74.4 Å². The quantitative estimate of drug-likeness (QED) is 0.154. The van der Waals surface area contributed by atoms with Crippen molar-refractivity contribution in [3.63, 3.8) is 0 Å². The number of likely N-dealkylation sites (tertiary alicyclic amines) is 2. The van der Waals surface area contributed by atoms with Gasteiger partial charge in [0.1, 0.15) is 36.1 Å². The standard InChI is InChI=1S/C43H50N8O8/c1-24(2)35(48-42(54)57-5)40(52)50-19-7-9-32(50)38-44-22-30(45-38)28-16-13-26(14-17-28)11-12-27-15-18-29-34(21-27)59-23-31-37(29)47-39(46-31)33-10-8-20-51(33)41(53)36(25(3)56-4)49-43(55)58-6/h13-18,21-22,24-25,32-33,35-36H,7-10,19-20,23H2,1-6H3,(H,44,45)(H,46,47)(H,48,54)(H,49,55). The molecular formula is C43H50N8O8. The van der Waals surface area contributed by atoms with Crippen LogP contribution in [-0.2, 0) is 30.4 Å². The molecule has 0 saturated carbocycles. The number of aromatic nitrogens is 4. The highest BCUT2D eigenvalue weighted by Crippen LogP contribution is 2.40. The molecule has 16 heteroatoms. The Hall–Kier alpha value is -6.34. The van der Waals surface area contributed by atoms with Crippen LogP contribution in [0.1, 0.15) is 87.0 Å². The van der Waals surface area contributed by atoms with E-state index in [2.05, 4.69) is 37.4 Å². The lowest BCUT2D eigenvalue weighted by molar-refractivity contribution is -0.137. The van der Waals surface area contributed by atoms with Crippen molar-refractivity contribution in [3.8, 4) is 40.1 Å². The minimum Gasteiger partial charge on any atom is -0.487 e. The molecule has 59 heavy (non-hydrogen) atoms. The zero-order valence-electron chi connectivity index (χ0n) is 34.1. The molecule has 0 radical (unpaired) electrons. The van der Waals surface area contributed by atoms with Gasteiger partial charge < -0.3 is 49.3 Å². The van der Waals surface area contributed by atoms with E-state index in [4.69, 9.17) is 23.9 Å². The van der Waals surface area contributed by atoms with Gasteiger partial charge in [0.15, 0.2) is 0 Å². The summed E-state index contributed by atoms with van der Waals surface area (Å²) >= 11 is 0. The Bertz CT molecular complexity index is 2260. The largest absolute Gasteiger partial charge is 0.487 e. The first-order valence-corrected chi connectivity index (χ1v) is 19.9. The van der Waals surface area contributed by atoms with E-state index in [1.54, 1.807) is 22.9 Å². The first-order chi connectivity index (χ1) is 28.5. The van der Waals surface area contributed by atoms with Crippen molar-refractivity contribution >= 4 is 24.0 Å². The summed E-state index contributed by atoms with van der Waals surface area (Å²) < 4.78 is 21.1. The number of methoxy groups -OCH3 is 3. The predicted octanol–water partition coefficient (Wildman–Crippen LogP) is 5.23. The lowest BCUT2D eigenvalue weighted by atomic mass is 10.0. The van der Waals surface area contributed by atoms with E-state index in [9.17, 15) is 19.2 Å². The fourth-order valence-corrected chi connectivity index (χ4v) is 7.90. The molecule has 5 atom stereocenters. The van der Waals surface area contributed by atoms with Crippen LogP contribution >= 0.6 is 0 Å². The van der Waals surface area contributed by atoms with E-state index >= 15 is 0 Å². The smallest absolute Gasteiger partial charge is 0.407 e. The molecule has 310 valence electrons. The third-order valence-corrected chi connectivity index (χ3v) is 11.2. The molecule has 2 saturated heterocycles. The van der Waals surface area contributed by atoms with Gasteiger partial charge in [-0.1, -0.05) is 37.8 Å². The number of fused-ring (bicyclic) bond motifs is 3. The minimum absolute atomic E-state index is 0.115. The first-order valence-electron chi connectivity index (χ1n) is 19.9. The Morgan fingerprint density at radius 2 is 1.42 bits per heavy atom. The van der Waals surface area contributed by atoms with Crippen molar-refractivity contribution in [2.24, 2.45) is 5.92 Å². The molecule has 4 N–H and O–H groups in total. The molecule has 7 rings (SSSR count). The summed E-state index contributed by atoms with van der Waals surface area (Å²) in [7, 11) is 4.03. The molecule has 3 aliphatic rings. The Kier molecular flexibility index (Phi) is 12.2. The molecule has 5 unspecified atom stereocenters. The number of alkyl carbamates (subject to hydrolysis) is 2. The zero-order valence-corrected chi connectivity index (χ0v) is 34.1. The summed E-state index contributed by atoms with van der Waals surface area (Å²) in [5, 5.41) is 5.31. The highest BCUT2D eigenvalue weighted by Gasteiger charge is 2.40. The van der Waals surface area contributed by atoms with Crippen molar-refractivity contribution in [2.45, 2.75) is 83.3 Å². The van der Waals surface area contributed by atoms with Gasteiger partial charge in [0.05, 0.1) is 55.7 Å². The van der Waals surface area contributed by atoms with Crippen molar-refractivity contribution in [3.05, 3.63) is 77.1 Å². The molecule has 2 aromatic heterocycles. The molecule has 0 bridgehead atoms. The number of benzene rings is 2. The van der Waals surface area contributed by atoms with Crippen molar-refractivity contribution in [2.75, 3.05) is 34.4 Å². The molecule has 3 aliphatic heterocycles. The van der Waals surface area contributed by atoms with E-state index < -0.39 is 30.4 Å². The average Bonchev–Trinajstić information content (AvgIpc) is 4.09. The maximum atomic E-state index is 13.7. The summed E-state index contributed by atoms with van der Waals surface area (Å²) in [5.74, 6) is 8.01. The number of ether oxygens (including phenoxy) is 4. The van der Waals surface area contributed by atoms with Crippen LogP contribution in [0.25, 0.3) is 22.5 Å². The topological polar surface area (TPSA) is 193 Å². The van der Waals surface area contributed by atoms with Crippen molar-refractivity contribution < 1.29 is 38.1 Å². The molecule has 16 nitrogen and oxygen atoms in total. The molecule has 5 heterocycles. The predicted molar refractivity (Wildman–Crippen MR) is 216 cm³/mol. The summed E-state index contributed by atoms with van der Waals surface area (Å²) in [5.41, 5.74) is 5.80. The van der Waals surface area contributed by atoms with Crippen molar-refractivity contribution in [1.82, 2.24) is 40.4 Å². The van der Waals surface area contributed by atoms with Crippen LogP contribution in [0.5, 0.6) is 5.75 Å². The van der Waals surface area contributed by atoms with Gasteiger partial charge in [-0.3, -0.25) is 9.59 Å². The van der Waals surface area contributed by atoms with Crippen LogP contribution < -0.4 is 15.4 Å². The molecule has 4 amide bonds. The van der Waals surface area contributed by atoms with Gasteiger partial charge in [-0.2, -0.15) is 0 Å². The molecule has 2 fully saturated rings. The summed E-state index contributed by atoms with van der Waals surface area (Å²) in [6.07, 6.45) is 2.98. The van der Waals surface area contributed by atoms with Crippen molar-refractivity contribution in [1.29, 1.82) is 0 Å². The number of imidazole rings is 2. The highest BCUT2D eigenvalue weighted by atomic mass is 16.5. The van der Waals surface area contributed by atoms with E-state index in [0.717, 1.165) is 65.0 Å². The van der Waals surface area contributed by atoms with Gasteiger partial charge in [0.25, 0.3) is 0 Å². The minimum atomic E-state index is -0.916. The average molecular weight is 807 g/mol. The number of hydrogen-bond acceptors (Lipinski definition) is 10. The highest BCUT2D eigenvalue weighted by molar-refractivity contribution is 5.87. The maximum Gasteiger partial charge on any atom is 0.407 e. The second-order valence-electron chi connectivity index (χ2n) is 15.2. The van der Waals surface area contributed by atoms with E-state index in [0.29, 0.717) is 30.5 Å². The van der Waals surface area contributed by atoms with Crippen LogP contribution in [0.3, 0.4) is 0 Å².